The van der Waals surface area contributed by atoms with E-state index in [2.05, 4.69) is 4.72 Å². The van der Waals surface area contributed by atoms with E-state index in [1.807, 2.05) is 6.92 Å². The van der Waals surface area contributed by atoms with Crippen LogP contribution in [0.5, 0.6) is 0 Å². The minimum absolute atomic E-state index is 0.181. The van der Waals surface area contributed by atoms with Crippen LogP contribution in [0.1, 0.15) is 4.88 Å². The van der Waals surface area contributed by atoms with Crippen molar-refractivity contribution in [1.29, 1.82) is 0 Å². The van der Waals surface area contributed by atoms with Gasteiger partial charge in [0.1, 0.15) is 10.5 Å². The lowest BCUT2D eigenvalue weighted by atomic mass is 10.5. The average Bonchev–Trinajstić information content (AvgIpc) is 2.49. The maximum absolute atomic E-state index is 11.3. The number of thiophene rings is 1. The number of nitrogens with one attached hydrogen (secondary N) is 1. The minimum atomic E-state index is -3.46. The van der Waals surface area contributed by atoms with Gasteiger partial charge in [-0.3, -0.25) is 0 Å². The molecule has 0 aliphatic carbocycles. The molecule has 0 saturated carbocycles. The molecule has 1 aromatic rings. The van der Waals surface area contributed by atoms with E-state index in [0.29, 0.717) is 6.29 Å². The first kappa shape index (κ1) is 10.4. The second-order valence-corrected chi connectivity index (χ2v) is 5.67. The maximum Gasteiger partial charge on any atom is 0.250 e. The summed E-state index contributed by atoms with van der Waals surface area (Å²) >= 11 is 1.18. The van der Waals surface area contributed by atoms with Gasteiger partial charge in [0, 0.05) is 4.88 Å². The van der Waals surface area contributed by atoms with Crippen LogP contribution in [-0.4, -0.2) is 21.2 Å². The Hall–Kier alpha value is -0.720. The molecular formula is C7H9NO3S2. The molecule has 0 aromatic carbocycles. The van der Waals surface area contributed by atoms with Gasteiger partial charge in [0.15, 0.2) is 0 Å². The predicted molar refractivity (Wildman–Crippen MR) is 50.3 cm³/mol. The molecular weight excluding hydrogens is 210 g/mol. The van der Waals surface area contributed by atoms with E-state index in [9.17, 15) is 13.2 Å². The van der Waals surface area contributed by atoms with Gasteiger partial charge in [-0.2, -0.15) is 0 Å². The van der Waals surface area contributed by atoms with E-state index >= 15 is 0 Å². The van der Waals surface area contributed by atoms with Crippen LogP contribution in [0, 0.1) is 6.92 Å². The van der Waals surface area contributed by atoms with Gasteiger partial charge in [-0.25, -0.2) is 13.1 Å². The van der Waals surface area contributed by atoms with Crippen molar-refractivity contribution in [1.82, 2.24) is 4.72 Å². The molecule has 1 rings (SSSR count). The molecule has 6 heteroatoms. The number of rotatable bonds is 4. The van der Waals surface area contributed by atoms with Gasteiger partial charge in [-0.15, -0.1) is 11.3 Å². The summed E-state index contributed by atoms with van der Waals surface area (Å²) in [5.74, 6) is 0. The van der Waals surface area contributed by atoms with Crippen LogP contribution < -0.4 is 4.72 Å². The molecule has 0 radical (unpaired) electrons. The van der Waals surface area contributed by atoms with Crippen molar-refractivity contribution in [3.63, 3.8) is 0 Å². The third-order valence-corrected chi connectivity index (χ3v) is 4.25. The molecule has 0 unspecified atom stereocenters. The van der Waals surface area contributed by atoms with Crippen LogP contribution >= 0.6 is 11.3 Å². The van der Waals surface area contributed by atoms with Crippen molar-refractivity contribution in [2.45, 2.75) is 11.1 Å². The SMILES string of the molecule is Cc1ccc(S(=O)(=O)NCC=O)s1. The number of hydrogen-bond donors (Lipinski definition) is 1. The summed E-state index contributed by atoms with van der Waals surface area (Å²) in [4.78, 5) is 10.9. The van der Waals surface area contributed by atoms with Crippen molar-refractivity contribution in [3.05, 3.63) is 17.0 Å². The number of aryl methyl sites for hydroxylation is 1. The molecule has 0 spiro atoms. The molecule has 0 atom stereocenters. The third kappa shape index (κ3) is 2.61. The molecule has 13 heavy (non-hydrogen) atoms. The lowest BCUT2D eigenvalue weighted by molar-refractivity contribution is -0.106. The van der Waals surface area contributed by atoms with Gasteiger partial charge in [-0.1, -0.05) is 0 Å². The molecule has 0 amide bonds. The third-order valence-electron chi connectivity index (χ3n) is 1.34. The quantitative estimate of drug-likeness (QED) is 0.751. The highest BCUT2D eigenvalue weighted by Gasteiger charge is 2.14. The zero-order valence-corrected chi connectivity index (χ0v) is 8.61. The molecule has 4 nitrogen and oxygen atoms in total. The monoisotopic (exact) mass is 219 g/mol. The molecule has 0 bridgehead atoms. The molecule has 0 aliphatic rings. The maximum atomic E-state index is 11.3. The van der Waals surface area contributed by atoms with E-state index in [1.54, 1.807) is 6.07 Å². The number of carbonyl (C=O) groups is 1. The van der Waals surface area contributed by atoms with E-state index in [4.69, 9.17) is 0 Å². The Balaban J connectivity index is 2.87. The summed E-state index contributed by atoms with van der Waals surface area (Å²) in [6.45, 7) is 1.64. The molecule has 1 heterocycles. The molecule has 0 saturated heterocycles. The summed E-state index contributed by atoms with van der Waals surface area (Å²) in [5.41, 5.74) is 0. The van der Waals surface area contributed by atoms with Crippen LogP contribution in [0.2, 0.25) is 0 Å². The molecule has 72 valence electrons. The first-order valence-corrected chi connectivity index (χ1v) is 5.86. The lowest BCUT2D eigenvalue weighted by Gasteiger charge is -1.98. The Kier molecular flexibility index (Phi) is 3.18. The highest BCUT2D eigenvalue weighted by atomic mass is 32.2. The van der Waals surface area contributed by atoms with Crippen LogP contribution in [-0.2, 0) is 14.8 Å². The molecule has 1 aromatic heterocycles. The standard InChI is InChI=1S/C7H9NO3S2/c1-6-2-3-7(12-6)13(10,11)8-4-5-9/h2-3,5,8H,4H2,1H3. The second kappa shape index (κ2) is 3.99. The average molecular weight is 219 g/mol. The van der Waals surface area contributed by atoms with Gasteiger partial charge in [-0.05, 0) is 19.1 Å². The zero-order chi connectivity index (χ0) is 9.90. The van der Waals surface area contributed by atoms with Crippen molar-refractivity contribution in [2.24, 2.45) is 0 Å². The van der Waals surface area contributed by atoms with E-state index in [-0.39, 0.29) is 10.8 Å². The lowest BCUT2D eigenvalue weighted by Crippen LogP contribution is -2.24. The summed E-state index contributed by atoms with van der Waals surface area (Å²) in [5, 5.41) is 0. The molecule has 1 N–H and O–H groups in total. The van der Waals surface area contributed by atoms with Crippen molar-refractivity contribution >= 4 is 27.6 Å². The number of hydrogen-bond acceptors (Lipinski definition) is 4. The van der Waals surface area contributed by atoms with Crippen molar-refractivity contribution in [2.75, 3.05) is 6.54 Å². The summed E-state index contributed by atoms with van der Waals surface area (Å²) in [7, 11) is -3.46. The van der Waals surface area contributed by atoms with Gasteiger partial charge >= 0.3 is 0 Å². The predicted octanol–water partition coefficient (Wildman–Crippen LogP) is 0.534. The van der Waals surface area contributed by atoms with Crippen molar-refractivity contribution in [3.8, 4) is 0 Å². The first-order chi connectivity index (χ1) is 6.06. The Labute approximate surface area is 80.6 Å². The van der Waals surface area contributed by atoms with Crippen LogP contribution in [0.3, 0.4) is 0 Å². The number of aldehydes is 1. The fourth-order valence-corrected chi connectivity index (χ4v) is 3.05. The first-order valence-electron chi connectivity index (χ1n) is 3.56. The second-order valence-electron chi connectivity index (χ2n) is 2.38. The Morgan fingerprint density at radius 1 is 1.54 bits per heavy atom. The topological polar surface area (TPSA) is 63.2 Å². The normalized spacial score (nSPS) is 11.5. The Bertz CT molecular complexity index is 394. The highest BCUT2D eigenvalue weighted by molar-refractivity contribution is 7.91. The summed E-state index contributed by atoms with van der Waals surface area (Å²) in [6.07, 6.45) is 0.512. The fourth-order valence-electron chi connectivity index (χ4n) is 0.771. The van der Waals surface area contributed by atoms with E-state index in [0.717, 1.165) is 4.88 Å². The van der Waals surface area contributed by atoms with Crippen LogP contribution in [0.15, 0.2) is 16.3 Å². The smallest absolute Gasteiger partial charge is 0.250 e. The van der Waals surface area contributed by atoms with E-state index in [1.165, 1.54) is 17.4 Å². The van der Waals surface area contributed by atoms with Gasteiger partial charge in [0.05, 0.1) is 6.54 Å². The van der Waals surface area contributed by atoms with E-state index < -0.39 is 10.0 Å². The summed E-state index contributed by atoms with van der Waals surface area (Å²) < 4.78 is 25.1. The summed E-state index contributed by atoms with van der Waals surface area (Å²) in [6, 6.07) is 3.24. The molecule has 0 fully saturated rings. The van der Waals surface area contributed by atoms with Gasteiger partial charge in [0.2, 0.25) is 10.0 Å². The van der Waals surface area contributed by atoms with Gasteiger partial charge in [0.25, 0.3) is 0 Å². The number of sulfonamides is 1. The number of carbonyl (C=O) groups excluding carboxylic acids is 1. The van der Waals surface area contributed by atoms with Crippen molar-refractivity contribution < 1.29 is 13.2 Å². The Morgan fingerprint density at radius 3 is 2.69 bits per heavy atom. The van der Waals surface area contributed by atoms with Crippen LogP contribution in [0.4, 0.5) is 0 Å². The van der Waals surface area contributed by atoms with Gasteiger partial charge < -0.3 is 4.79 Å². The highest BCUT2D eigenvalue weighted by Crippen LogP contribution is 2.19. The largest absolute Gasteiger partial charge is 0.302 e. The molecule has 0 aliphatic heterocycles. The Morgan fingerprint density at radius 2 is 2.23 bits per heavy atom. The fraction of sp³-hybridized carbons (Fsp3) is 0.286. The minimum Gasteiger partial charge on any atom is -0.302 e. The zero-order valence-electron chi connectivity index (χ0n) is 6.98. The van der Waals surface area contributed by atoms with Crippen LogP contribution in [0.25, 0.3) is 0 Å².